The molecule has 2 N–H and O–H groups in total. The van der Waals surface area contributed by atoms with Crippen molar-refractivity contribution in [2.75, 3.05) is 17.7 Å². The Balaban J connectivity index is 1.82. The van der Waals surface area contributed by atoms with Crippen LogP contribution in [-0.2, 0) is 13.6 Å². The van der Waals surface area contributed by atoms with Crippen molar-refractivity contribution in [1.29, 1.82) is 0 Å². The van der Waals surface area contributed by atoms with Crippen LogP contribution in [0.15, 0.2) is 25.0 Å². The summed E-state index contributed by atoms with van der Waals surface area (Å²) in [7, 11) is 3.56. The zero-order valence-electron chi connectivity index (χ0n) is 11.6. The van der Waals surface area contributed by atoms with Crippen LogP contribution in [0.3, 0.4) is 0 Å². The Kier molecular flexibility index (Phi) is 3.41. The summed E-state index contributed by atoms with van der Waals surface area (Å²) in [4.78, 5) is 21.0. The molecule has 0 spiro atoms. The molecule has 0 saturated heterocycles. The third-order valence-corrected chi connectivity index (χ3v) is 2.63. The van der Waals surface area contributed by atoms with Crippen LogP contribution in [0.2, 0.25) is 0 Å². The van der Waals surface area contributed by atoms with Gasteiger partial charge in [0, 0.05) is 26.5 Å². The summed E-state index contributed by atoms with van der Waals surface area (Å²) in [6.07, 6.45) is 6.69. The van der Waals surface area contributed by atoms with Gasteiger partial charge in [0.1, 0.15) is 12.7 Å². The zero-order chi connectivity index (χ0) is 14.7. The number of rotatable bonds is 5. The Morgan fingerprint density at radius 1 is 1.14 bits per heavy atom. The van der Waals surface area contributed by atoms with Crippen molar-refractivity contribution in [1.82, 2.24) is 39.3 Å². The van der Waals surface area contributed by atoms with Crippen molar-refractivity contribution >= 4 is 11.9 Å². The second-order valence-corrected chi connectivity index (χ2v) is 4.19. The molecule has 3 aromatic rings. The minimum atomic E-state index is 0.428. The summed E-state index contributed by atoms with van der Waals surface area (Å²) in [5.41, 5.74) is 0. The summed E-state index contributed by atoms with van der Waals surface area (Å²) < 4.78 is 3.34. The number of nitrogens with zero attached hydrogens (tertiary/aromatic N) is 8. The van der Waals surface area contributed by atoms with E-state index in [0.29, 0.717) is 30.2 Å². The maximum atomic E-state index is 4.33. The molecule has 0 amide bonds. The largest absolute Gasteiger partial charge is 0.357 e. The molecule has 0 aliphatic heterocycles. The number of aromatic nitrogens is 8. The molecule has 0 unspecified atom stereocenters. The highest BCUT2D eigenvalue weighted by molar-refractivity contribution is 5.37. The van der Waals surface area contributed by atoms with Crippen LogP contribution in [0.25, 0.3) is 5.95 Å². The van der Waals surface area contributed by atoms with E-state index < -0.39 is 0 Å². The van der Waals surface area contributed by atoms with E-state index in [9.17, 15) is 0 Å². The van der Waals surface area contributed by atoms with E-state index >= 15 is 0 Å². The van der Waals surface area contributed by atoms with Crippen LogP contribution in [0, 0.1) is 0 Å². The monoisotopic (exact) mass is 286 g/mol. The second kappa shape index (κ2) is 5.53. The maximum Gasteiger partial charge on any atom is 0.241 e. The van der Waals surface area contributed by atoms with Crippen LogP contribution < -0.4 is 10.6 Å². The van der Waals surface area contributed by atoms with Crippen molar-refractivity contribution in [3.63, 3.8) is 0 Å². The summed E-state index contributed by atoms with van der Waals surface area (Å²) in [6.45, 7) is 0.428. The minimum absolute atomic E-state index is 0.428. The molecule has 0 atom stereocenters. The highest BCUT2D eigenvalue weighted by atomic mass is 15.3. The third kappa shape index (κ3) is 2.94. The molecule has 3 rings (SSSR count). The average Bonchev–Trinajstić information content (AvgIpc) is 3.16. The number of imidazole rings is 1. The van der Waals surface area contributed by atoms with Gasteiger partial charge in [0.25, 0.3) is 0 Å². The van der Waals surface area contributed by atoms with Gasteiger partial charge in [-0.25, -0.2) is 9.97 Å². The Bertz CT molecular complexity index is 716. The number of nitrogens with one attached hydrogen (secondary N) is 2. The van der Waals surface area contributed by atoms with E-state index in [0.717, 1.165) is 0 Å². The first-order valence-electron chi connectivity index (χ1n) is 6.25. The lowest BCUT2D eigenvalue weighted by molar-refractivity contribution is 0.746. The van der Waals surface area contributed by atoms with Gasteiger partial charge < -0.3 is 10.6 Å². The van der Waals surface area contributed by atoms with Gasteiger partial charge in [-0.1, -0.05) is 0 Å². The molecule has 0 aliphatic carbocycles. The van der Waals surface area contributed by atoms with Crippen molar-refractivity contribution in [3.05, 3.63) is 30.9 Å². The van der Waals surface area contributed by atoms with Crippen LogP contribution in [-0.4, -0.2) is 46.3 Å². The first kappa shape index (κ1) is 13.0. The lowest BCUT2D eigenvalue weighted by Gasteiger charge is -2.07. The van der Waals surface area contributed by atoms with E-state index in [1.54, 1.807) is 41.3 Å². The zero-order valence-corrected chi connectivity index (χ0v) is 11.6. The van der Waals surface area contributed by atoms with Gasteiger partial charge in [-0.15, -0.1) is 0 Å². The molecule has 0 fully saturated rings. The second-order valence-electron chi connectivity index (χ2n) is 4.19. The SMILES string of the molecule is CNc1nc(NCc2ncn(C)n2)nc(-n2ccnc2)n1. The highest BCUT2D eigenvalue weighted by Gasteiger charge is 2.08. The van der Waals surface area contributed by atoms with E-state index in [-0.39, 0.29) is 0 Å². The molecule has 0 saturated carbocycles. The van der Waals surface area contributed by atoms with E-state index in [4.69, 9.17) is 0 Å². The Labute approximate surface area is 120 Å². The molecule has 3 aromatic heterocycles. The molecule has 0 radical (unpaired) electrons. The maximum absolute atomic E-state index is 4.33. The molecular weight excluding hydrogens is 272 g/mol. The lowest BCUT2D eigenvalue weighted by atomic mass is 10.6. The molecule has 3 heterocycles. The van der Waals surface area contributed by atoms with Crippen molar-refractivity contribution in [2.45, 2.75) is 6.54 Å². The predicted molar refractivity (Wildman–Crippen MR) is 74.8 cm³/mol. The van der Waals surface area contributed by atoms with Gasteiger partial charge >= 0.3 is 0 Å². The summed E-state index contributed by atoms with van der Waals surface area (Å²) in [6, 6.07) is 0. The summed E-state index contributed by atoms with van der Waals surface area (Å²) in [5, 5.41) is 10.2. The Morgan fingerprint density at radius 2 is 2.00 bits per heavy atom. The summed E-state index contributed by atoms with van der Waals surface area (Å²) in [5.74, 6) is 2.03. The molecule has 0 bridgehead atoms. The van der Waals surface area contributed by atoms with E-state index in [1.165, 1.54) is 0 Å². The fourth-order valence-electron chi connectivity index (χ4n) is 1.67. The van der Waals surface area contributed by atoms with Gasteiger partial charge in [0.15, 0.2) is 5.82 Å². The van der Waals surface area contributed by atoms with Crippen LogP contribution in [0.1, 0.15) is 5.82 Å². The Morgan fingerprint density at radius 3 is 2.67 bits per heavy atom. The molecule has 10 nitrogen and oxygen atoms in total. The van der Waals surface area contributed by atoms with Gasteiger partial charge in [0.2, 0.25) is 17.8 Å². The third-order valence-electron chi connectivity index (χ3n) is 2.63. The molecule has 0 aliphatic rings. The van der Waals surface area contributed by atoms with Crippen LogP contribution in [0.5, 0.6) is 0 Å². The van der Waals surface area contributed by atoms with Gasteiger partial charge in [0.05, 0.1) is 6.54 Å². The quantitative estimate of drug-likeness (QED) is 0.665. The standard InChI is InChI=1S/C11H14N10/c1-12-9-16-10(14-5-8-15-7-20(2)19-8)18-11(17-9)21-4-3-13-6-21/h3-4,6-7H,5H2,1-2H3,(H2,12,14,16,17,18). The average molecular weight is 286 g/mol. The molecular formula is C11H14N10. The minimum Gasteiger partial charge on any atom is -0.357 e. The van der Waals surface area contributed by atoms with Gasteiger partial charge in [-0.3, -0.25) is 9.25 Å². The first-order chi connectivity index (χ1) is 10.2. The lowest BCUT2D eigenvalue weighted by Crippen LogP contribution is -2.11. The fraction of sp³-hybridized carbons (Fsp3) is 0.273. The van der Waals surface area contributed by atoms with Crippen molar-refractivity contribution in [3.8, 4) is 5.95 Å². The molecule has 10 heteroatoms. The number of hydrogen-bond acceptors (Lipinski definition) is 8. The molecule has 0 aromatic carbocycles. The van der Waals surface area contributed by atoms with E-state index in [2.05, 4.69) is 40.7 Å². The van der Waals surface area contributed by atoms with Crippen LogP contribution in [0.4, 0.5) is 11.9 Å². The van der Waals surface area contributed by atoms with E-state index in [1.807, 2.05) is 7.05 Å². The van der Waals surface area contributed by atoms with Crippen molar-refractivity contribution < 1.29 is 0 Å². The first-order valence-corrected chi connectivity index (χ1v) is 6.25. The number of aryl methyl sites for hydroxylation is 1. The Hall–Kier alpha value is -3.04. The summed E-state index contributed by atoms with van der Waals surface area (Å²) >= 11 is 0. The van der Waals surface area contributed by atoms with Crippen LogP contribution >= 0.6 is 0 Å². The number of hydrogen-bond donors (Lipinski definition) is 2. The normalized spacial score (nSPS) is 10.6. The topological polar surface area (TPSA) is 111 Å². The number of anilines is 2. The predicted octanol–water partition coefficient (Wildman–Crippen LogP) is -0.160. The highest BCUT2D eigenvalue weighted by Crippen LogP contribution is 2.09. The molecule has 21 heavy (non-hydrogen) atoms. The van der Waals surface area contributed by atoms with Gasteiger partial charge in [-0.05, 0) is 0 Å². The molecule has 108 valence electrons. The van der Waals surface area contributed by atoms with Gasteiger partial charge in [-0.2, -0.15) is 20.1 Å². The smallest absolute Gasteiger partial charge is 0.241 e. The fourth-order valence-corrected chi connectivity index (χ4v) is 1.67. The van der Waals surface area contributed by atoms with Crippen molar-refractivity contribution in [2.24, 2.45) is 7.05 Å².